The summed E-state index contributed by atoms with van der Waals surface area (Å²) in [6.07, 6.45) is 3.87. The highest BCUT2D eigenvalue weighted by atomic mass is 16.5. The van der Waals surface area contributed by atoms with Gasteiger partial charge >= 0.3 is 5.97 Å². The lowest BCUT2D eigenvalue weighted by atomic mass is 10.0. The number of methoxy groups -OCH3 is 2. The van der Waals surface area contributed by atoms with Crippen LogP contribution in [0.2, 0.25) is 0 Å². The van der Waals surface area contributed by atoms with Gasteiger partial charge in [0.25, 0.3) is 0 Å². The van der Waals surface area contributed by atoms with Crippen LogP contribution >= 0.6 is 0 Å². The van der Waals surface area contributed by atoms with Crippen molar-refractivity contribution in [2.45, 2.75) is 13.8 Å². The highest BCUT2D eigenvalue weighted by Crippen LogP contribution is 2.36. The quantitative estimate of drug-likeness (QED) is 0.808. The lowest BCUT2D eigenvalue weighted by Crippen LogP contribution is -2.03. The number of aliphatic carboxylic acids is 1. The topological polar surface area (TPSA) is 55.8 Å². The van der Waals surface area contributed by atoms with Crippen molar-refractivity contribution >= 4 is 17.6 Å². The summed E-state index contributed by atoms with van der Waals surface area (Å²) in [5.41, 5.74) is 1.15. The molecule has 0 unspecified atom stereocenters. The Kier molecular flexibility index (Phi) is 5.38. The van der Waals surface area contributed by atoms with Gasteiger partial charge in [-0.15, -0.1) is 0 Å². The summed E-state index contributed by atoms with van der Waals surface area (Å²) in [4.78, 5) is 11.1. The van der Waals surface area contributed by atoms with Crippen LogP contribution in [-0.2, 0) is 4.79 Å². The van der Waals surface area contributed by atoms with E-state index in [9.17, 15) is 4.79 Å². The summed E-state index contributed by atoms with van der Waals surface area (Å²) in [7, 11) is 3.06. The molecule has 0 aromatic heterocycles. The Balaban J connectivity index is 3.48. The molecule has 1 rings (SSSR count). The molecular weight excluding hydrogens is 256 g/mol. The SMILES string of the molecule is C=C(C(=O)O)c1ccc(OC)c(/C=C/C(C)C)c1OC. The van der Waals surface area contributed by atoms with E-state index >= 15 is 0 Å². The molecule has 0 heterocycles. The van der Waals surface area contributed by atoms with Crippen molar-refractivity contribution in [1.82, 2.24) is 0 Å². The van der Waals surface area contributed by atoms with Crippen molar-refractivity contribution in [3.05, 3.63) is 35.9 Å². The van der Waals surface area contributed by atoms with Crippen molar-refractivity contribution in [3.8, 4) is 11.5 Å². The first-order chi connectivity index (χ1) is 9.42. The maximum Gasteiger partial charge on any atom is 0.335 e. The second kappa shape index (κ2) is 6.80. The molecule has 0 spiro atoms. The second-order valence-corrected chi connectivity index (χ2v) is 4.65. The number of ether oxygens (including phenoxy) is 2. The average molecular weight is 276 g/mol. The predicted octanol–water partition coefficient (Wildman–Crippen LogP) is 3.47. The van der Waals surface area contributed by atoms with Crippen LogP contribution in [0.25, 0.3) is 11.6 Å². The van der Waals surface area contributed by atoms with Crippen LogP contribution in [0.5, 0.6) is 11.5 Å². The van der Waals surface area contributed by atoms with Gasteiger partial charge in [-0.05, 0) is 18.1 Å². The molecule has 1 aromatic carbocycles. The summed E-state index contributed by atoms with van der Waals surface area (Å²) in [5.74, 6) is 0.359. The molecule has 0 fully saturated rings. The van der Waals surface area contributed by atoms with E-state index in [2.05, 4.69) is 20.4 Å². The lowest BCUT2D eigenvalue weighted by Gasteiger charge is -2.15. The van der Waals surface area contributed by atoms with Crippen molar-refractivity contribution in [3.63, 3.8) is 0 Å². The van der Waals surface area contributed by atoms with Crippen LogP contribution in [0, 0.1) is 5.92 Å². The standard InChI is InChI=1S/C16H20O4/c1-10(2)6-7-13-14(19-4)9-8-12(15(13)20-5)11(3)16(17)18/h6-10H,3H2,1-2,4-5H3,(H,17,18)/b7-6+. The molecule has 20 heavy (non-hydrogen) atoms. The highest BCUT2D eigenvalue weighted by molar-refractivity contribution is 6.15. The molecule has 0 radical (unpaired) electrons. The third-order valence-electron chi connectivity index (χ3n) is 2.81. The van der Waals surface area contributed by atoms with E-state index in [4.69, 9.17) is 14.6 Å². The molecular formula is C16H20O4. The summed E-state index contributed by atoms with van der Waals surface area (Å²) < 4.78 is 10.7. The van der Waals surface area contributed by atoms with Gasteiger partial charge < -0.3 is 14.6 Å². The molecule has 4 nitrogen and oxygen atoms in total. The van der Waals surface area contributed by atoms with Gasteiger partial charge in [-0.25, -0.2) is 4.79 Å². The minimum absolute atomic E-state index is 0.0105. The number of allylic oxidation sites excluding steroid dienone is 1. The third kappa shape index (κ3) is 3.41. The first-order valence-corrected chi connectivity index (χ1v) is 6.28. The van der Waals surface area contributed by atoms with Crippen molar-refractivity contribution in [2.24, 2.45) is 5.92 Å². The summed E-state index contributed by atoms with van der Waals surface area (Å²) in [5, 5.41) is 9.09. The van der Waals surface area contributed by atoms with Gasteiger partial charge in [-0.3, -0.25) is 0 Å². The molecule has 0 saturated heterocycles. The van der Waals surface area contributed by atoms with Crippen LogP contribution in [0.4, 0.5) is 0 Å². The molecule has 0 saturated carbocycles. The zero-order valence-corrected chi connectivity index (χ0v) is 12.3. The number of benzene rings is 1. The average Bonchev–Trinajstić information content (AvgIpc) is 2.42. The summed E-state index contributed by atoms with van der Waals surface area (Å²) >= 11 is 0. The van der Waals surface area contributed by atoms with Crippen LogP contribution < -0.4 is 9.47 Å². The number of carboxylic acid groups (broad SMARTS) is 1. The first-order valence-electron chi connectivity index (χ1n) is 6.28. The van der Waals surface area contributed by atoms with Gasteiger partial charge in [-0.1, -0.05) is 32.6 Å². The van der Waals surface area contributed by atoms with Gasteiger partial charge in [0.15, 0.2) is 0 Å². The molecule has 0 atom stereocenters. The molecule has 0 amide bonds. The van der Waals surface area contributed by atoms with E-state index in [0.29, 0.717) is 28.5 Å². The van der Waals surface area contributed by atoms with Crippen molar-refractivity contribution in [2.75, 3.05) is 14.2 Å². The zero-order valence-electron chi connectivity index (χ0n) is 12.3. The molecule has 0 aliphatic rings. The Morgan fingerprint density at radius 1 is 1.30 bits per heavy atom. The third-order valence-corrected chi connectivity index (χ3v) is 2.81. The largest absolute Gasteiger partial charge is 0.496 e. The Morgan fingerprint density at radius 3 is 2.40 bits per heavy atom. The fraction of sp³-hybridized carbons (Fsp3) is 0.312. The van der Waals surface area contributed by atoms with Gasteiger partial charge in [0.05, 0.1) is 25.4 Å². The monoisotopic (exact) mass is 276 g/mol. The molecule has 108 valence electrons. The van der Waals surface area contributed by atoms with Gasteiger partial charge in [0.2, 0.25) is 0 Å². The number of carboxylic acids is 1. The number of carbonyl (C=O) groups is 1. The van der Waals surface area contributed by atoms with E-state index < -0.39 is 5.97 Å². The van der Waals surface area contributed by atoms with Gasteiger partial charge in [-0.2, -0.15) is 0 Å². The van der Waals surface area contributed by atoms with Crippen molar-refractivity contribution < 1.29 is 19.4 Å². The Bertz CT molecular complexity index is 542. The fourth-order valence-corrected chi connectivity index (χ4v) is 1.78. The van der Waals surface area contributed by atoms with Crippen LogP contribution in [0.3, 0.4) is 0 Å². The maximum atomic E-state index is 11.1. The lowest BCUT2D eigenvalue weighted by molar-refractivity contribution is -0.130. The van der Waals surface area contributed by atoms with E-state index in [1.165, 1.54) is 7.11 Å². The predicted molar refractivity (Wildman–Crippen MR) is 80.1 cm³/mol. The molecule has 1 N–H and O–H groups in total. The van der Waals surface area contributed by atoms with E-state index in [1.54, 1.807) is 19.2 Å². The smallest absolute Gasteiger partial charge is 0.335 e. The summed E-state index contributed by atoms with van der Waals surface area (Å²) in [6.45, 7) is 7.68. The normalized spacial score (nSPS) is 10.8. The Morgan fingerprint density at radius 2 is 1.95 bits per heavy atom. The molecule has 0 aliphatic carbocycles. The van der Waals surface area contributed by atoms with E-state index in [1.807, 2.05) is 12.2 Å². The van der Waals surface area contributed by atoms with Crippen LogP contribution in [-0.4, -0.2) is 25.3 Å². The Labute approximate surface area is 119 Å². The molecule has 0 aliphatic heterocycles. The number of hydrogen-bond donors (Lipinski definition) is 1. The Hall–Kier alpha value is -2.23. The number of hydrogen-bond acceptors (Lipinski definition) is 3. The highest BCUT2D eigenvalue weighted by Gasteiger charge is 2.18. The van der Waals surface area contributed by atoms with Crippen molar-refractivity contribution in [1.29, 1.82) is 0 Å². The maximum absolute atomic E-state index is 11.1. The zero-order chi connectivity index (χ0) is 15.3. The van der Waals surface area contributed by atoms with E-state index in [0.717, 1.165) is 0 Å². The summed E-state index contributed by atoms with van der Waals surface area (Å²) in [6, 6.07) is 3.35. The molecule has 4 heteroatoms. The molecule has 0 bridgehead atoms. The second-order valence-electron chi connectivity index (χ2n) is 4.65. The van der Waals surface area contributed by atoms with E-state index in [-0.39, 0.29) is 5.57 Å². The minimum Gasteiger partial charge on any atom is -0.496 e. The molecule has 1 aromatic rings. The van der Waals surface area contributed by atoms with Crippen LogP contribution in [0.1, 0.15) is 25.0 Å². The minimum atomic E-state index is -1.08. The van der Waals surface area contributed by atoms with Gasteiger partial charge in [0.1, 0.15) is 11.5 Å². The number of rotatable bonds is 6. The fourth-order valence-electron chi connectivity index (χ4n) is 1.78. The van der Waals surface area contributed by atoms with Gasteiger partial charge in [0, 0.05) is 5.56 Å². The van der Waals surface area contributed by atoms with Crippen LogP contribution in [0.15, 0.2) is 24.8 Å². The first kappa shape index (κ1) is 15.8.